The van der Waals surface area contributed by atoms with Crippen LogP contribution in [0, 0.1) is 5.92 Å². The van der Waals surface area contributed by atoms with Crippen molar-refractivity contribution >= 4 is 11.9 Å². The standard InChI is InChI=1S/C11H21N3O3/c1-12(2)11(17)9-6-13(3)4-5-14(7-9)8-10(15)16/h9H,4-8H2,1-3H3,(H,15,16)/t9-/m1/s1. The quantitative estimate of drug-likeness (QED) is 0.690. The van der Waals surface area contributed by atoms with E-state index >= 15 is 0 Å². The Balaban J connectivity index is 2.68. The van der Waals surface area contributed by atoms with Gasteiger partial charge in [0, 0.05) is 40.3 Å². The molecule has 1 N–H and O–H groups in total. The monoisotopic (exact) mass is 243 g/mol. The van der Waals surface area contributed by atoms with Crippen LogP contribution in [-0.4, -0.2) is 85.5 Å². The van der Waals surface area contributed by atoms with Crippen LogP contribution >= 0.6 is 0 Å². The molecule has 1 amide bonds. The molecular weight excluding hydrogens is 222 g/mol. The van der Waals surface area contributed by atoms with E-state index < -0.39 is 5.97 Å². The van der Waals surface area contributed by atoms with Gasteiger partial charge >= 0.3 is 5.97 Å². The first-order chi connectivity index (χ1) is 7.90. The van der Waals surface area contributed by atoms with Crippen LogP contribution in [0.2, 0.25) is 0 Å². The highest BCUT2D eigenvalue weighted by Crippen LogP contribution is 2.10. The van der Waals surface area contributed by atoms with Crippen LogP contribution in [0.25, 0.3) is 0 Å². The number of carbonyl (C=O) groups is 2. The van der Waals surface area contributed by atoms with E-state index in [2.05, 4.69) is 4.90 Å². The maximum absolute atomic E-state index is 12.0. The highest BCUT2D eigenvalue weighted by molar-refractivity contribution is 5.79. The summed E-state index contributed by atoms with van der Waals surface area (Å²) in [6.45, 7) is 2.70. The van der Waals surface area contributed by atoms with Gasteiger partial charge in [0.25, 0.3) is 0 Å². The van der Waals surface area contributed by atoms with Gasteiger partial charge < -0.3 is 14.9 Å². The number of amides is 1. The first-order valence-corrected chi connectivity index (χ1v) is 5.74. The van der Waals surface area contributed by atoms with E-state index in [4.69, 9.17) is 5.11 Å². The van der Waals surface area contributed by atoms with Crippen molar-refractivity contribution in [2.45, 2.75) is 0 Å². The van der Waals surface area contributed by atoms with Crippen molar-refractivity contribution in [2.24, 2.45) is 5.92 Å². The maximum Gasteiger partial charge on any atom is 0.317 e. The molecule has 0 aliphatic carbocycles. The third-order valence-electron chi connectivity index (χ3n) is 2.96. The van der Waals surface area contributed by atoms with Gasteiger partial charge in [-0.05, 0) is 7.05 Å². The average Bonchev–Trinajstić information content (AvgIpc) is 2.39. The van der Waals surface area contributed by atoms with Gasteiger partial charge in [0.05, 0.1) is 12.5 Å². The van der Waals surface area contributed by atoms with Crippen LogP contribution in [0.4, 0.5) is 0 Å². The lowest BCUT2D eigenvalue weighted by Crippen LogP contribution is -2.41. The second kappa shape index (κ2) is 5.97. The highest BCUT2D eigenvalue weighted by Gasteiger charge is 2.28. The molecule has 1 rings (SSSR count). The van der Waals surface area contributed by atoms with Gasteiger partial charge in [0.1, 0.15) is 0 Å². The number of hydrogen-bond donors (Lipinski definition) is 1. The predicted molar refractivity (Wildman–Crippen MR) is 63.8 cm³/mol. The molecular formula is C11H21N3O3. The zero-order valence-electron chi connectivity index (χ0n) is 10.7. The molecule has 0 aromatic heterocycles. The van der Waals surface area contributed by atoms with E-state index in [9.17, 15) is 9.59 Å². The van der Waals surface area contributed by atoms with Gasteiger partial charge in [0.15, 0.2) is 0 Å². The SMILES string of the molecule is CN1CCN(CC(=O)O)C[C@H](C(=O)N(C)C)C1. The molecule has 1 saturated heterocycles. The molecule has 1 aliphatic rings. The summed E-state index contributed by atoms with van der Waals surface area (Å²) in [5, 5.41) is 8.81. The minimum Gasteiger partial charge on any atom is -0.480 e. The molecule has 0 aromatic carbocycles. The van der Waals surface area contributed by atoms with E-state index in [1.165, 1.54) is 0 Å². The second-order valence-corrected chi connectivity index (χ2v) is 4.82. The van der Waals surface area contributed by atoms with Gasteiger partial charge in [0.2, 0.25) is 5.91 Å². The van der Waals surface area contributed by atoms with Crippen LogP contribution in [0.1, 0.15) is 0 Å². The van der Waals surface area contributed by atoms with Crippen molar-refractivity contribution in [3.8, 4) is 0 Å². The van der Waals surface area contributed by atoms with Gasteiger partial charge in [-0.1, -0.05) is 0 Å². The van der Waals surface area contributed by atoms with Gasteiger partial charge in [-0.15, -0.1) is 0 Å². The molecule has 0 unspecified atom stereocenters. The Morgan fingerprint density at radius 2 is 1.94 bits per heavy atom. The fourth-order valence-electron chi connectivity index (χ4n) is 2.10. The lowest BCUT2D eigenvalue weighted by atomic mass is 10.1. The number of hydrogen-bond acceptors (Lipinski definition) is 4. The number of aliphatic carboxylic acids is 1. The fourth-order valence-corrected chi connectivity index (χ4v) is 2.10. The third kappa shape index (κ3) is 4.32. The summed E-state index contributed by atoms with van der Waals surface area (Å²) in [6.07, 6.45) is 0. The Hall–Kier alpha value is -1.14. The van der Waals surface area contributed by atoms with Crippen molar-refractivity contribution in [1.82, 2.24) is 14.7 Å². The summed E-state index contributed by atoms with van der Waals surface area (Å²) in [4.78, 5) is 28.2. The number of rotatable bonds is 3. The first-order valence-electron chi connectivity index (χ1n) is 5.74. The van der Waals surface area contributed by atoms with Crippen molar-refractivity contribution in [3.63, 3.8) is 0 Å². The van der Waals surface area contributed by atoms with Gasteiger partial charge in [-0.2, -0.15) is 0 Å². The van der Waals surface area contributed by atoms with Crippen molar-refractivity contribution in [1.29, 1.82) is 0 Å². The van der Waals surface area contributed by atoms with E-state index in [-0.39, 0.29) is 18.4 Å². The summed E-state index contributed by atoms with van der Waals surface area (Å²) in [5.74, 6) is -0.920. The molecule has 6 nitrogen and oxygen atoms in total. The normalized spacial score (nSPS) is 23.1. The molecule has 0 bridgehead atoms. The lowest BCUT2D eigenvalue weighted by Gasteiger charge is -2.24. The molecule has 0 spiro atoms. The lowest BCUT2D eigenvalue weighted by molar-refractivity contribution is -0.139. The molecule has 6 heteroatoms. The maximum atomic E-state index is 12.0. The van der Waals surface area contributed by atoms with E-state index in [1.54, 1.807) is 19.0 Å². The number of likely N-dealkylation sites (N-methyl/N-ethyl adjacent to an activating group) is 1. The van der Waals surface area contributed by atoms with Crippen LogP contribution in [0.15, 0.2) is 0 Å². The van der Waals surface area contributed by atoms with Crippen LogP contribution < -0.4 is 0 Å². The van der Waals surface area contributed by atoms with Gasteiger partial charge in [-0.3, -0.25) is 14.5 Å². The minimum absolute atomic E-state index is 0.00501. The molecule has 0 saturated carbocycles. The number of nitrogens with zero attached hydrogens (tertiary/aromatic N) is 3. The van der Waals surface area contributed by atoms with E-state index in [1.807, 2.05) is 11.9 Å². The predicted octanol–water partition coefficient (Wildman–Crippen LogP) is -0.977. The topological polar surface area (TPSA) is 64.1 Å². The smallest absolute Gasteiger partial charge is 0.317 e. The Labute approximate surface area is 102 Å². The van der Waals surface area contributed by atoms with Crippen molar-refractivity contribution < 1.29 is 14.7 Å². The average molecular weight is 243 g/mol. The molecule has 1 aliphatic heterocycles. The number of carboxylic acid groups (broad SMARTS) is 1. The number of carboxylic acids is 1. The summed E-state index contributed by atoms with van der Waals surface area (Å²) in [6, 6.07) is 0. The summed E-state index contributed by atoms with van der Waals surface area (Å²) in [5.41, 5.74) is 0. The van der Waals surface area contributed by atoms with Gasteiger partial charge in [-0.25, -0.2) is 0 Å². The largest absolute Gasteiger partial charge is 0.480 e. The first kappa shape index (κ1) is 13.9. The van der Waals surface area contributed by atoms with Crippen molar-refractivity contribution in [3.05, 3.63) is 0 Å². The molecule has 17 heavy (non-hydrogen) atoms. The second-order valence-electron chi connectivity index (χ2n) is 4.82. The molecule has 1 heterocycles. The zero-order chi connectivity index (χ0) is 13.0. The van der Waals surface area contributed by atoms with Crippen LogP contribution in [0.3, 0.4) is 0 Å². The van der Waals surface area contributed by atoms with Crippen molar-refractivity contribution in [2.75, 3.05) is 53.9 Å². The Morgan fingerprint density at radius 1 is 1.29 bits per heavy atom. The summed E-state index contributed by atoms with van der Waals surface area (Å²) < 4.78 is 0. The van der Waals surface area contributed by atoms with Crippen LogP contribution in [0.5, 0.6) is 0 Å². The Bertz CT molecular complexity index is 294. The summed E-state index contributed by atoms with van der Waals surface area (Å²) >= 11 is 0. The van der Waals surface area contributed by atoms with E-state index in [0.29, 0.717) is 19.6 Å². The van der Waals surface area contributed by atoms with E-state index in [0.717, 1.165) is 6.54 Å². The zero-order valence-corrected chi connectivity index (χ0v) is 10.7. The summed E-state index contributed by atoms with van der Waals surface area (Å²) in [7, 11) is 5.42. The fraction of sp³-hybridized carbons (Fsp3) is 0.818. The third-order valence-corrected chi connectivity index (χ3v) is 2.96. The Kier molecular flexibility index (Phi) is 4.89. The molecule has 0 radical (unpaired) electrons. The molecule has 0 aromatic rings. The molecule has 1 fully saturated rings. The molecule has 1 atom stereocenters. The Morgan fingerprint density at radius 3 is 2.47 bits per heavy atom. The minimum atomic E-state index is -0.842. The molecule has 98 valence electrons. The van der Waals surface area contributed by atoms with Crippen LogP contribution in [-0.2, 0) is 9.59 Å². The highest BCUT2D eigenvalue weighted by atomic mass is 16.4. The number of carbonyl (C=O) groups excluding carboxylic acids is 1.